The molecule has 0 saturated carbocycles. The fourth-order valence-electron chi connectivity index (χ4n) is 1.90. The number of rotatable bonds is 3. The Morgan fingerprint density at radius 1 is 1.18 bits per heavy atom. The van der Waals surface area contributed by atoms with Crippen LogP contribution in [0.3, 0.4) is 0 Å². The molecule has 0 amide bonds. The first-order valence-corrected chi connectivity index (χ1v) is 5.80. The van der Waals surface area contributed by atoms with Crippen molar-refractivity contribution in [2.45, 2.75) is 20.3 Å². The van der Waals surface area contributed by atoms with Gasteiger partial charge in [0.15, 0.2) is 0 Å². The van der Waals surface area contributed by atoms with Crippen molar-refractivity contribution in [3.8, 4) is 11.3 Å². The largest absolute Gasteiger partial charge is 0.330 e. The number of benzene rings is 1. The molecule has 0 radical (unpaired) electrons. The summed E-state index contributed by atoms with van der Waals surface area (Å²) < 4.78 is 0. The number of nitrogens with zero attached hydrogens (tertiary/aromatic N) is 2. The van der Waals surface area contributed by atoms with Crippen LogP contribution in [0.15, 0.2) is 30.5 Å². The Balaban J connectivity index is 2.42. The summed E-state index contributed by atoms with van der Waals surface area (Å²) in [6.45, 7) is 4.78. The van der Waals surface area contributed by atoms with E-state index >= 15 is 0 Å². The molecule has 2 N–H and O–H groups in total. The first-order valence-electron chi connectivity index (χ1n) is 5.80. The van der Waals surface area contributed by atoms with Gasteiger partial charge in [-0.2, -0.15) is 0 Å². The Morgan fingerprint density at radius 3 is 2.71 bits per heavy atom. The quantitative estimate of drug-likeness (QED) is 0.875. The van der Waals surface area contributed by atoms with Crippen LogP contribution in [0, 0.1) is 13.8 Å². The maximum Gasteiger partial charge on any atom is 0.130 e. The molecular weight excluding hydrogens is 210 g/mol. The maximum atomic E-state index is 5.52. The van der Waals surface area contributed by atoms with Gasteiger partial charge in [0, 0.05) is 18.2 Å². The maximum absolute atomic E-state index is 5.52. The summed E-state index contributed by atoms with van der Waals surface area (Å²) in [5.74, 6) is 0.810. The van der Waals surface area contributed by atoms with Crippen LogP contribution >= 0.6 is 0 Å². The lowest BCUT2D eigenvalue weighted by molar-refractivity contribution is 0.869. The van der Waals surface area contributed by atoms with Gasteiger partial charge in [-0.25, -0.2) is 9.97 Å². The van der Waals surface area contributed by atoms with Crippen LogP contribution < -0.4 is 5.73 Å². The van der Waals surface area contributed by atoms with Gasteiger partial charge in [0.1, 0.15) is 5.82 Å². The number of aromatic nitrogens is 2. The van der Waals surface area contributed by atoms with Crippen LogP contribution in [0.5, 0.6) is 0 Å². The van der Waals surface area contributed by atoms with Crippen LogP contribution in [0.2, 0.25) is 0 Å². The van der Waals surface area contributed by atoms with Crippen LogP contribution in [-0.4, -0.2) is 16.5 Å². The third-order valence-corrected chi connectivity index (χ3v) is 2.73. The topological polar surface area (TPSA) is 51.8 Å². The van der Waals surface area contributed by atoms with E-state index in [4.69, 9.17) is 5.73 Å². The Hall–Kier alpha value is -1.74. The van der Waals surface area contributed by atoms with Crippen molar-refractivity contribution in [3.05, 3.63) is 47.4 Å². The normalized spacial score (nSPS) is 10.5. The second-order valence-electron chi connectivity index (χ2n) is 4.22. The first-order chi connectivity index (χ1) is 8.20. The van der Waals surface area contributed by atoms with Crippen molar-refractivity contribution >= 4 is 0 Å². The molecule has 3 nitrogen and oxygen atoms in total. The van der Waals surface area contributed by atoms with Crippen LogP contribution in [-0.2, 0) is 6.42 Å². The monoisotopic (exact) mass is 227 g/mol. The molecule has 0 aliphatic carbocycles. The van der Waals surface area contributed by atoms with Gasteiger partial charge < -0.3 is 5.73 Å². The highest BCUT2D eigenvalue weighted by atomic mass is 14.9. The molecule has 0 aliphatic heterocycles. The van der Waals surface area contributed by atoms with Gasteiger partial charge in [0.2, 0.25) is 0 Å². The average molecular weight is 227 g/mol. The molecule has 0 fully saturated rings. The average Bonchev–Trinajstić information content (AvgIpc) is 2.29. The van der Waals surface area contributed by atoms with Crippen LogP contribution in [0.4, 0.5) is 0 Å². The smallest absolute Gasteiger partial charge is 0.130 e. The summed E-state index contributed by atoms with van der Waals surface area (Å²) in [6.07, 6.45) is 2.52. The second-order valence-corrected chi connectivity index (χ2v) is 4.22. The molecule has 1 aromatic carbocycles. The van der Waals surface area contributed by atoms with E-state index < -0.39 is 0 Å². The van der Waals surface area contributed by atoms with E-state index in [9.17, 15) is 0 Å². The highest BCUT2D eigenvalue weighted by Gasteiger charge is 2.04. The molecular formula is C14H17N3. The molecule has 17 heavy (non-hydrogen) atoms. The fourth-order valence-corrected chi connectivity index (χ4v) is 1.90. The number of aryl methyl sites for hydroxylation is 2. The van der Waals surface area contributed by atoms with Crippen molar-refractivity contribution in [3.63, 3.8) is 0 Å². The van der Waals surface area contributed by atoms with Gasteiger partial charge in [-0.1, -0.05) is 23.8 Å². The lowest BCUT2D eigenvalue weighted by atomic mass is 10.0. The van der Waals surface area contributed by atoms with Gasteiger partial charge >= 0.3 is 0 Å². The van der Waals surface area contributed by atoms with Crippen molar-refractivity contribution < 1.29 is 0 Å². The lowest BCUT2D eigenvalue weighted by Gasteiger charge is -2.07. The van der Waals surface area contributed by atoms with Crippen molar-refractivity contribution in [1.29, 1.82) is 0 Å². The Bertz CT molecular complexity index is 521. The zero-order valence-corrected chi connectivity index (χ0v) is 10.3. The van der Waals surface area contributed by atoms with Crippen LogP contribution in [0.1, 0.15) is 17.0 Å². The number of hydrogen-bond donors (Lipinski definition) is 1. The minimum absolute atomic E-state index is 0.580. The summed E-state index contributed by atoms with van der Waals surface area (Å²) in [6, 6.07) is 8.32. The van der Waals surface area contributed by atoms with Crippen molar-refractivity contribution in [2.75, 3.05) is 6.54 Å². The van der Waals surface area contributed by atoms with E-state index in [1.165, 1.54) is 11.1 Å². The Labute approximate surface area is 102 Å². The van der Waals surface area contributed by atoms with E-state index in [1.807, 2.05) is 6.07 Å². The van der Waals surface area contributed by atoms with E-state index in [1.54, 1.807) is 6.20 Å². The molecule has 3 heteroatoms. The standard InChI is InChI=1S/C14H17N3/c1-10-3-4-12(11(2)9-10)13-6-8-16-14(17-13)5-7-15/h3-4,6,8-9H,5,7,15H2,1-2H3. The zero-order chi connectivity index (χ0) is 12.3. The summed E-state index contributed by atoms with van der Waals surface area (Å²) in [5, 5.41) is 0. The summed E-state index contributed by atoms with van der Waals surface area (Å²) in [5.41, 5.74) is 10.2. The SMILES string of the molecule is Cc1ccc(-c2ccnc(CCN)n2)c(C)c1. The van der Waals surface area contributed by atoms with Crippen LogP contribution in [0.25, 0.3) is 11.3 Å². The fraction of sp³-hybridized carbons (Fsp3) is 0.286. The molecule has 0 atom stereocenters. The molecule has 0 unspecified atom stereocenters. The van der Waals surface area contributed by atoms with E-state index in [0.717, 1.165) is 23.5 Å². The van der Waals surface area contributed by atoms with E-state index in [0.29, 0.717) is 6.54 Å². The summed E-state index contributed by atoms with van der Waals surface area (Å²) in [7, 11) is 0. The lowest BCUT2D eigenvalue weighted by Crippen LogP contribution is -2.06. The minimum atomic E-state index is 0.580. The zero-order valence-electron chi connectivity index (χ0n) is 10.3. The van der Waals surface area contributed by atoms with Gasteiger partial charge in [0.05, 0.1) is 5.69 Å². The van der Waals surface area contributed by atoms with Gasteiger partial charge in [-0.3, -0.25) is 0 Å². The summed E-state index contributed by atoms with van der Waals surface area (Å²) >= 11 is 0. The highest BCUT2D eigenvalue weighted by Crippen LogP contribution is 2.22. The Kier molecular flexibility index (Phi) is 3.49. The van der Waals surface area contributed by atoms with Gasteiger partial charge in [0.25, 0.3) is 0 Å². The number of hydrogen-bond acceptors (Lipinski definition) is 3. The summed E-state index contributed by atoms with van der Waals surface area (Å²) in [4.78, 5) is 8.74. The molecule has 1 heterocycles. The minimum Gasteiger partial charge on any atom is -0.330 e. The molecule has 2 rings (SSSR count). The molecule has 0 bridgehead atoms. The van der Waals surface area contributed by atoms with Gasteiger partial charge in [-0.15, -0.1) is 0 Å². The third-order valence-electron chi connectivity index (χ3n) is 2.73. The van der Waals surface area contributed by atoms with E-state index in [2.05, 4.69) is 42.0 Å². The number of nitrogens with two attached hydrogens (primary N) is 1. The predicted molar refractivity (Wildman–Crippen MR) is 69.7 cm³/mol. The highest BCUT2D eigenvalue weighted by molar-refractivity contribution is 5.63. The molecule has 88 valence electrons. The van der Waals surface area contributed by atoms with Crippen molar-refractivity contribution in [2.24, 2.45) is 5.73 Å². The predicted octanol–water partition coefficient (Wildman–Crippen LogP) is 2.26. The van der Waals surface area contributed by atoms with Crippen molar-refractivity contribution in [1.82, 2.24) is 9.97 Å². The Morgan fingerprint density at radius 2 is 2.00 bits per heavy atom. The van der Waals surface area contributed by atoms with E-state index in [-0.39, 0.29) is 0 Å². The molecule has 1 aromatic heterocycles. The molecule has 0 spiro atoms. The molecule has 2 aromatic rings. The second kappa shape index (κ2) is 5.06. The molecule has 0 saturated heterocycles. The van der Waals surface area contributed by atoms with Gasteiger partial charge in [-0.05, 0) is 32.0 Å². The third kappa shape index (κ3) is 2.68. The molecule has 0 aliphatic rings. The first kappa shape index (κ1) is 11.7.